The van der Waals surface area contributed by atoms with Crippen molar-refractivity contribution < 1.29 is 17.9 Å². The summed E-state index contributed by atoms with van der Waals surface area (Å²) in [6.45, 7) is 4.09. The molecule has 30 heavy (non-hydrogen) atoms. The van der Waals surface area contributed by atoms with E-state index in [-0.39, 0.29) is 23.9 Å². The van der Waals surface area contributed by atoms with Gasteiger partial charge in [-0.05, 0) is 37.3 Å². The SMILES string of the molecule is CCn1cc(C(=O)N2CCN(S(=O)(=O)c3ccc(OC)cc3)CC2)c2ccccc21. The molecular formula is C22H25N3O4S. The number of para-hydroxylation sites is 1. The van der Waals surface area contributed by atoms with Gasteiger partial charge in [0, 0.05) is 49.8 Å². The van der Waals surface area contributed by atoms with Gasteiger partial charge in [0.2, 0.25) is 10.0 Å². The summed E-state index contributed by atoms with van der Waals surface area (Å²) in [5, 5.41) is 0.928. The van der Waals surface area contributed by atoms with E-state index in [1.54, 1.807) is 29.2 Å². The van der Waals surface area contributed by atoms with E-state index in [4.69, 9.17) is 4.74 Å². The van der Waals surface area contributed by atoms with Gasteiger partial charge in [0.05, 0.1) is 17.6 Å². The summed E-state index contributed by atoms with van der Waals surface area (Å²) in [6.07, 6.45) is 1.90. The van der Waals surface area contributed by atoms with E-state index in [0.29, 0.717) is 24.4 Å². The van der Waals surface area contributed by atoms with Crippen LogP contribution in [-0.4, -0.2) is 61.4 Å². The Balaban J connectivity index is 1.50. The minimum absolute atomic E-state index is 0.0557. The number of ether oxygens (including phenoxy) is 1. The summed E-state index contributed by atoms with van der Waals surface area (Å²) in [6, 6.07) is 14.2. The predicted molar refractivity (Wildman–Crippen MR) is 115 cm³/mol. The van der Waals surface area contributed by atoms with E-state index in [2.05, 4.69) is 4.57 Å². The lowest BCUT2D eigenvalue weighted by molar-refractivity contribution is 0.0699. The average Bonchev–Trinajstić information content (AvgIpc) is 3.17. The highest BCUT2D eigenvalue weighted by Crippen LogP contribution is 2.25. The van der Waals surface area contributed by atoms with Crippen LogP contribution >= 0.6 is 0 Å². The lowest BCUT2D eigenvalue weighted by atomic mass is 10.1. The minimum Gasteiger partial charge on any atom is -0.497 e. The maximum atomic E-state index is 13.2. The monoisotopic (exact) mass is 427 g/mol. The average molecular weight is 428 g/mol. The Morgan fingerprint density at radius 2 is 1.67 bits per heavy atom. The first-order valence-corrected chi connectivity index (χ1v) is 11.4. The molecule has 0 radical (unpaired) electrons. The van der Waals surface area contributed by atoms with E-state index in [1.165, 1.54) is 11.4 Å². The van der Waals surface area contributed by atoms with Crippen molar-refractivity contribution in [3.63, 3.8) is 0 Å². The summed E-state index contributed by atoms with van der Waals surface area (Å²) in [4.78, 5) is 15.1. The van der Waals surface area contributed by atoms with Crippen LogP contribution in [0.5, 0.6) is 5.75 Å². The summed E-state index contributed by atoms with van der Waals surface area (Å²) < 4.78 is 34.5. The van der Waals surface area contributed by atoms with Gasteiger partial charge in [0.25, 0.3) is 5.91 Å². The molecule has 7 nitrogen and oxygen atoms in total. The van der Waals surface area contributed by atoms with E-state index in [9.17, 15) is 13.2 Å². The molecule has 4 rings (SSSR count). The van der Waals surface area contributed by atoms with Gasteiger partial charge >= 0.3 is 0 Å². The van der Waals surface area contributed by atoms with Crippen molar-refractivity contribution in [2.75, 3.05) is 33.3 Å². The third-order valence-corrected chi connectivity index (χ3v) is 7.50. The van der Waals surface area contributed by atoms with Gasteiger partial charge in [-0.15, -0.1) is 0 Å². The van der Waals surface area contributed by atoms with E-state index < -0.39 is 10.0 Å². The molecule has 1 aromatic heterocycles. The Labute approximate surface area is 176 Å². The van der Waals surface area contributed by atoms with Crippen LogP contribution in [0.3, 0.4) is 0 Å². The van der Waals surface area contributed by atoms with Gasteiger partial charge in [0.15, 0.2) is 0 Å². The number of benzene rings is 2. The Bertz CT molecular complexity index is 1160. The van der Waals surface area contributed by atoms with Gasteiger partial charge in [0.1, 0.15) is 5.75 Å². The Hall–Kier alpha value is -2.84. The molecule has 1 aliphatic heterocycles. The maximum absolute atomic E-state index is 13.2. The molecule has 0 bridgehead atoms. The molecule has 3 aromatic rings. The number of sulfonamides is 1. The van der Waals surface area contributed by atoms with Crippen LogP contribution in [0.2, 0.25) is 0 Å². The number of aromatic nitrogens is 1. The van der Waals surface area contributed by atoms with E-state index in [1.807, 2.05) is 37.4 Å². The number of carbonyl (C=O) groups is 1. The number of amides is 1. The fourth-order valence-corrected chi connectivity index (χ4v) is 5.30. The number of hydrogen-bond donors (Lipinski definition) is 0. The summed E-state index contributed by atoms with van der Waals surface area (Å²) >= 11 is 0. The number of nitrogens with zero attached hydrogens (tertiary/aromatic N) is 3. The molecule has 2 heterocycles. The zero-order valence-corrected chi connectivity index (χ0v) is 17.9. The van der Waals surface area contributed by atoms with E-state index in [0.717, 1.165) is 17.4 Å². The number of hydrogen-bond acceptors (Lipinski definition) is 4. The van der Waals surface area contributed by atoms with Crippen LogP contribution in [0.1, 0.15) is 17.3 Å². The van der Waals surface area contributed by atoms with Crippen LogP contribution in [-0.2, 0) is 16.6 Å². The Kier molecular flexibility index (Phi) is 5.53. The lowest BCUT2D eigenvalue weighted by Crippen LogP contribution is -2.50. The largest absolute Gasteiger partial charge is 0.497 e. The molecule has 0 atom stereocenters. The zero-order chi connectivity index (χ0) is 21.3. The van der Waals surface area contributed by atoms with E-state index >= 15 is 0 Å². The Morgan fingerprint density at radius 1 is 1.00 bits per heavy atom. The molecule has 1 fully saturated rings. The molecule has 158 valence electrons. The zero-order valence-electron chi connectivity index (χ0n) is 17.1. The molecule has 0 saturated carbocycles. The van der Waals surface area contributed by atoms with Crippen molar-refractivity contribution in [2.45, 2.75) is 18.4 Å². The summed E-state index contributed by atoms with van der Waals surface area (Å²) in [7, 11) is -2.06. The highest BCUT2D eigenvalue weighted by atomic mass is 32.2. The quantitative estimate of drug-likeness (QED) is 0.628. The third kappa shape index (κ3) is 3.57. The number of aryl methyl sites for hydroxylation is 1. The number of rotatable bonds is 5. The molecule has 1 amide bonds. The van der Waals surface area contributed by atoms with Crippen molar-refractivity contribution >= 4 is 26.8 Å². The molecule has 0 aliphatic carbocycles. The van der Waals surface area contributed by atoms with Gasteiger partial charge in [-0.3, -0.25) is 4.79 Å². The van der Waals surface area contributed by atoms with Crippen molar-refractivity contribution in [1.29, 1.82) is 0 Å². The van der Waals surface area contributed by atoms with Gasteiger partial charge in [-0.1, -0.05) is 18.2 Å². The third-order valence-electron chi connectivity index (χ3n) is 5.58. The smallest absolute Gasteiger partial charge is 0.256 e. The first-order valence-electron chi connectivity index (χ1n) is 9.97. The number of methoxy groups -OCH3 is 1. The first kappa shape index (κ1) is 20.4. The molecule has 0 N–H and O–H groups in total. The molecule has 2 aromatic carbocycles. The standard InChI is InChI=1S/C22H25N3O4S/c1-3-23-16-20(19-6-4-5-7-21(19)23)22(26)24-12-14-25(15-13-24)30(27,28)18-10-8-17(29-2)9-11-18/h4-11,16H,3,12-15H2,1-2H3. The minimum atomic E-state index is -3.60. The van der Waals surface area contributed by atoms with Crippen LogP contribution in [0, 0.1) is 0 Å². The molecular weight excluding hydrogens is 402 g/mol. The van der Waals surface area contributed by atoms with Gasteiger partial charge < -0.3 is 14.2 Å². The maximum Gasteiger partial charge on any atom is 0.256 e. The molecule has 8 heteroatoms. The highest BCUT2D eigenvalue weighted by molar-refractivity contribution is 7.89. The van der Waals surface area contributed by atoms with Gasteiger partial charge in [-0.2, -0.15) is 4.31 Å². The van der Waals surface area contributed by atoms with Crippen molar-refractivity contribution in [3.05, 3.63) is 60.3 Å². The number of fused-ring (bicyclic) bond motifs is 1. The molecule has 1 aliphatic rings. The molecule has 0 unspecified atom stereocenters. The summed E-state index contributed by atoms with van der Waals surface area (Å²) in [5.41, 5.74) is 1.70. The highest BCUT2D eigenvalue weighted by Gasteiger charge is 2.31. The van der Waals surface area contributed by atoms with Crippen molar-refractivity contribution in [2.24, 2.45) is 0 Å². The normalized spacial score (nSPS) is 15.5. The number of piperazine rings is 1. The Morgan fingerprint density at radius 3 is 2.30 bits per heavy atom. The van der Waals surface area contributed by atoms with Crippen molar-refractivity contribution in [3.8, 4) is 5.75 Å². The van der Waals surface area contributed by atoms with Crippen LogP contribution in [0.15, 0.2) is 59.6 Å². The predicted octanol–water partition coefficient (Wildman–Crippen LogP) is 2.82. The second-order valence-corrected chi connectivity index (χ2v) is 9.16. The fraction of sp³-hybridized carbons (Fsp3) is 0.318. The van der Waals surface area contributed by atoms with Crippen LogP contribution < -0.4 is 4.74 Å². The van der Waals surface area contributed by atoms with Gasteiger partial charge in [-0.25, -0.2) is 8.42 Å². The molecule has 0 spiro atoms. The second-order valence-electron chi connectivity index (χ2n) is 7.22. The number of carbonyl (C=O) groups excluding carboxylic acids is 1. The fourth-order valence-electron chi connectivity index (χ4n) is 3.88. The van der Waals surface area contributed by atoms with Crippen LogP contribution in [0.4, 0.5) is 0 Å². The van der Waals surface area contributed by atoms with Crippen LogP contribution in [0.25, 0.3) is 10.9 Å². The molecule has 1 saturated heterocycles. The lowest BCUT2D eigenvalue weighted by Gasteiger charge is -2.34. The second kappa shape index (κ2) is 8.12. The summed E-state index contributed by atoms with van der Waals surface area (Å²) in [5.74, 6) is 0.551. The van der Waals surface area contributed by atoms with Crippen molar-refractivity contribution in [1.82, 2.24) is 13.8 Å². The topological polar surface area (TPSA) is 71.9 Å². The first-order chi connectivity index (χ1) is 14.5.